The summed E-state index contributed by atoms with van der Waals surface area (Å²) < 4.78 is 0. The summed E-state index contributed by atoms with van der Waals surface area (Å²) in [5, 5.41) is 0. The van der Waals surface area contributed by atoms with Crippen molar-refractivity contribution in [2.24, 2.45) is 5.92 Å². The van der Waals surface area contributed by atoms with Crippen LogP contribution in [0.15, 0.2) is 115 Å². The Kier molecular flexibility index (Phi) is 7.71. The zero-order valence-corrected chi connectivity index (χ0v) is 23.8. The number of fused-ring (bicyclic) bond motifs is 2. The predicted octanol–water partition coefficient (Wildman–Crippen LogP) is 5.97. The molecule has 4 aromatic carbocycles. The van der Waals surface area contributed by atoms with Gasteiger partial charge in [0.15, 0.2) is 0 Å². The minimum Gasteiger partial charge on any atom is -0.306 e. The van der Waals surface area contributed by atoms with Gasteiger partial charge in [0, 0.05) is 6.04 Å². The Balaban J connectivity index is 1.37. The van der Waals surface area contributed by atoms with Gasteiger partial charge in [-0.2, -0.15) is 0 Å². The fourth-order valence-corrected chi connectivity index (χ4v) is 5.92. The van der Waals surface area contributed by atoms with Gasteiger partial charge in [0.05, 0.1) is 35.0 Å². The van der Waals surface area contributed by atoms with Gasteiger partial charge in [-0.15, -0.1) is 0 Å². The van der Waals surface area contributed by atoms with Crippen molar-refractivity contribution >= 4 is 41.1 Å². The maximum atomic E-state index is 14.4. The number of anilines is 2. The van der Waals surface area contributed by atoms with Crippen molar-refractivity contribution in [1.82, 2.24) is 4.90 Å². The van der Waals surface area contributed by atoms with Crippen LogP contribution in [0.1, 0.15) is 45.2 Å². The van der Waals surface area contributed by atoms with Crippen molar-refractivity contribution < 1.29 is 19.2 Å². The molecule has 0 aliphatic carbocycles. The van der Waals surface area contributed by atoms with Crippen molar-refractivity contribution in [2.45, 2.75) is 25.9 Å². The van der Waals surface area contributed by atoms with Crippen molar-refractivity contribution in [3.8, 4) is 0 Å². The largest absolute Gasteiger partial charge is 0.306 e. The Morgan fingerprint density at radius 1 is 0.698 bits per heavy atom. The van der Waals surface area contributed by atoms with Crippen LogP contribution in [0.3, 0.4) is 0 Å². The molecule has 2 unspecified atom stereocenters. The molecule has 2 aliphatic heterocycles. The van der Waals surface area contributed by atoms with E-state index in [4.69, 9.17) is 0 Å². The molecule has 0 radical (unpaired) electrons. The Hall–Kier alpha value is -5.30. The van der Waals surface area contributed by atoms with Crippen LogP contribution in [0.4, 0.5) is 11.4 Å². The number of rotatable bonds is 7. The van der Waals surface area contributed by atoms with Crippen LogP contribution in [0.2, 0.25) is 0 Å². The second-order valence-corrected chi connectivity index (χ2v) is 10.8. The lowest BCUT2D eigenvalue weighted by Crippen LogP contribution is -2.50. The minimum atomic E-state index is -0.581. The number of allylic oxidation sites excluding steroid dienone is 1. The smallest absolute Gasteiger partial charge is 0.262 e. The molecule has 0 aromatic heterocycles. The van der Waals surface area contributed by atoms with Crippen LogP contribution in [0.25, 0.3) is 6.08 Å². The topological polar surface area (TPSA) is 78.0 Å². The molecule has 7 nitrogen and oxygen atoms in total. The zero-order chi connectivity index (χ0) is 29.9. The molecule has 2 atom stereocenters. The van der Waals surface area contributed by atoms with E-state index in [0.717, 1.165) is 16.0 Å². The van der Waals surface area contributed by atoms with E-state index in [-0.39, 0.29) is 17.0 Å². The molecule has 4 aromatic rings. The lowest BCUT2D eigenvalue weighted by atomic mass is 9.94. The SMILES string of the molecule is CC1C(CC=Cc2ccccc2)C(=O)N(Cc2ccccc2)c2ccccc2N1C(=O)CN1C(=O)c2ccccc2C1=O. The summed E-state index contributed by atoms with van der Waals surface area (Å²) in [6.07, 6.45) is 4.34. The predicted molar refractivity (Wildman–Crippen MR) is 166 cm³/mol. The van der Waals surface area contributed by atoms with Gasteiger partial charge in [-0.1, -0.05) is 97.1 Å². The summed E-state index contributed by atoms with van der Waals surface area (Å²) >= 11 is 0. The molecule has 2 heterocycles. The van der Waals surface area contributed by atoms with Crippen molar-refractivity contribution in [3.05, 3.63) is 138 Å². The zero-order valence-electron chi connectivity index (χ0n) is 23.8. The molecule has 0 saturated heterocycles. The molecule has 43 heavy (non-hydrogen) atoms. The summed E-state index contributed by atoms with van der Waals surface area (Å²) in [7, 11) is 0. The van der Waals surface area contributed by atoms with E-state index in [1.165, 1.54) is 0 Å². The third kappa shape index (κ3) is 5.37. The van der Waals surface area contributed by atoms with Gasteiger partial charge in [-0.05, 0) is 48.7 Å². The highest BCUT2D eigenvalue weighted by molar-refractivity contribution is 6.23. The first-order valence-electron chi connectivity index (χ1n) is 14.4. The standard InChI is InChI=1S/C36H31N3O4/c1-25-28(20-12-17-26-13-4-2-5-14-26)34(41)37(23-27-15-6-3-7-16-27)31-21-10-11-22-32(31)39(25)33(40)24-38-35(42)29-18-8-9-19-30(29)36(38)43/h2-19,21-22,25,28H,20,23-24H2,1H3. The number of imide groups is 1. The quantitative estimate of drug-likeness (QED) is 0.257. The van der Waals surface area contributed by atoms with Gasteiger partial charge in [-0.3, -0.25) is 24.1 Å². The Morgan fingerprint density at radius 2 is 1.26 bits per heavy atom. The van der Waals surface area contributed by atoms with Crippen LogP contribution in [0, 0.1) is 5.92 Å². The molecular formula is C36H31N3O4. The van der Waals surface area contributed by atoms with E-state index in [1.807, 2.05) is 104 Å². The van der Waals surface area contributed by atoms with E-state index >= 15 is 0 Å². The van der Waals surface area contributed by atoms with Crippen molar-refractivity contribution in [2.75, 3.05) is 16.3 Å². The maximum absolute atomic E-state index is 14.4. The lowest BCUT2D eigenvalue weighted by molar-refractivity contribution is -0.123. The number of carbonyl (C=O) groups is 4. The molecule has 0 spiro atoms. The summed E-state index contributed by atoms with van der Waals surface area (Å²) in [6, 6.07) is 32.9. The van der Waals surface area contributed by atoms with Gasteiger partial charge < -0.3 is 9.80 Å². The number of benzene rings is 4. The fraction of sp³-hybridized carbons (Fsp3) is 0.167. The van der Waals surface area contributed by atoms with E-state index in [9.17, 15) is 19.2 Å². The van der Waals surface area contributed by atoms with Gasteiger partial charge in [0.25, 0.3) is 11.8 Å². The highest BCUT2D eigenvalue weighted by atomic mass is 16.2. The van der Waals surface area contributed by atoms with Gasteiger partial charge in [0.1, 0.15) is 6.54 Å². The van der Waals surface area contributed by atoms with E-state index in [0.29, 0.717) is 24.3 Å². The molecule has 0 N–H and O–H groups in total. The first-order valence-corrected chi connectivity index (χ1v) is 14.4. The van der Waals surface area contributed by atoms with E-state index in [2.05, 4.69) is 0 Å². The molecule has 214 valence electrons. The molecular weight excluding hydrogens is 538 g/mol. The van der Waals surface area contributed by atoms with Crippen LogP contribution < -0.4 is 9.80 Å². The summed E-state index contributed by atoms with van der Waals surface area (Å²) in [5.74, 6) is -2.09. The van der Waals surface area contributed by atoms with Gasteiger partial charge >= 0.3 is 0 Å². The second kappa shape index (κ2) is 11.9. The highest BCUT2D eigenvalue weighted by Crippen LogP contribution is 2.39. The molecule has 0 fully saturated rings. The highest BCUT2D eigenvalue weighted by Gasteiger charge is 2.43. The number of hydrogen-bond donors (Lipinski definition) is 0. The number of para-hydroxylation sites is 2. The molecule has 6 rings (SSSR count). The summed E-state index contributed by atoms with van der Waals surface area (Å²) in [4.78, 5) is 59.1. The van der Waals surface area contributed by atoms with Crippen molar-refractivity contribution in [3.63, 3.8) is 0 Å². The number of amides is 4. The number of carbonyl (C=O) groups excluding carboxylic acids is 4. The summed E-state index contributed by atoms with van der Waals surface area (Å²) in [6.45, 7) is 1.77. The normalized spacial score (nSPS) is 18.2. The lowest BCUT2D eigenvalue weighted by Gasteiger charge is -2.32. The number of nitrogens with zero attached hydrogens (tertiary/aromatic N) is 3. The second-order valence-electron chi connectivity index (χ2n) is 10.8. The summed E-state index contributed by atoms with van der Waals surface area (Å²) in [5.41, 5.74) is 3.72. The molecule has 2 aliphatic rings. The van der Waals surface area contributed by atoms with Crippen LogP contribution in [-0.2, 0) is 16.1 Å². The van der Waals surface area contributed by atoms with E-state index < -0.39 is 36.2 Å². The van der Waals surface area contributed by atoms with Gasteiger partial charge in [-0.25, -0.2) is 0 Å². The molecule has 0 bridgehead atoms. The monoisotopic (exact) mass is 569 g/mol. The Bertz CT molecular complexity index is 1680. The van der Waals surface area contributed by atoms with Crippen LogP contribution >= 0.6 is 0 Å². The first-order chi connectivity index (χ1) is 20.9. The minimum absolute atomic E-state index is 0.0995. The first kappa shape index (κ1) is 27.8. The number of hydrogen-bond acceptors (Lipinski definition) is 4. The molecule has 7 heteroatoms. The Morgan fingerprint density at radius 3 is 1.91 bits per heavy atom. The molecule has 4 amide bonds. The van der Waals surface area contributed by atoms with Crippen molar-refractivity contribution in [1.29, 1.82) is 0 Å². The van der Waals surface area contributed by atoms with Crippen LogP contribution in [-0.4, -0.2) is 41.1 Å². The molecule has 0 saturated carbocycles. The third-order valence-electron chi connectivity index (χ3n) is 8.13. The Labute approximate surface area is 250 Å². The maximum Gasteiger partial charge on any atom is 0.262 e. The third-order valence-corrected chi connectivity index (χ3v) is 8.13. The average Bonchev–Trinajstić information content (AvgIpc) is 3.23. The van der Waals surface area contributed by atoms with E-state index in [1.54, 1.807) is 34.1 Å². The van der Waals surface area contributed by atoms with Gasteiger partial charge in [0.2, 0.25) is 11.8 Å². The fourth-order valence-electron chi connectivity index (χ4n) is 5.92. The average molecular weight is 570 g/mol. The van der Waals surface area contributed by atoms with Crippen LogP contribution in [0.5, 0.6) is 0 Å².